The van der Waals surface area contributed by atoms with Crippen molar-refractivity contribution in [3.05, 3.63) is 158 Å². The highest BCUT2D eigenvalue weighted by molar-refractivity contribution is 5.75. The van der Waals surface area contributed by atoms with E-state index in [1.807, 2.05) is 25.2 Å². The molecular weight excluding hydrogens is 434 g/mol. The zero-order valence-corrected chi connectivity index (χ0v) is 22.2. The average Bonchev–Trinajstić information content (AvgIpc) is 2.88. The average molecular weight is 476 g/mol. The maximum atomic E-state index is 4.05. The maximum absolute atomic E-state index is 4.05. The summed E-state index contributed by atoms with van der Waals surface area (Å²) in [6, 6.07) is 8.78. The van der Waals surface area contributed by atoms with Gasteiger partial charge < -0.3 is 4.90 Å². The molecule has 0 saturated carbocycles. The van der Waals surface area contributed by atoms with Crippen molar-refractivity contribution in [3.63, 3.8) is 0 Å². The van der Waals surface area contributed by atoms with Crippen molar-refractivity contribution in [2.75, 3.05) is 4.90 Å². The van der Waals surface area contributed by atoms with Gasteiger partial charge in [0.05, 0.1) is 6.04 Å². The molecule has 0 bridgehead atoms. The third kappa shape index (κ3) is 8.13. The molecule has 0 heterocycles. The van der Waals surface area contributed by atoms with Crippen molar-refractivity contribution in [3.8, 4) is 0 Å². The van der Waals surface area contributed by atoms with Crippen LogP contribution in [-0.2, 0) is 0 Å². The second-order valence-corrected chi connectivity index (χ2v) is 8.41. The molecule has 1 atom stereocenters. The first-order chi connectivity index (χ1) is 17.6. The van der Waals surface area contributed by atoms with Gasteiger partial charge in [-0.1, -0.05) is 124 Å². The molecule has 0 radical (unpaired) electrons. The lowest BCUT2D eigenvalue weighted by molar-refractivity contribution is 0.897. The molecule has 1 aliphatic rings. The van der Waals surface area contributed by atoms with Gasteiger partial charge in [0.1, 0.15) is 0 Å². The molecule has 1 unspecified atom stereocenters. The van der Waals surface area contributed by atoms with Crippen molar-refractivity contribution in [1.29, 1.82) is 0 Å². The Hall–Kier alpha value is -3.84. The molecule has 0 spiro atoms. The minimum atomic E-state index is 0.0426. The minimum Gasteiger partial charge on any atom is -0.331 e. The summed E-state index contributed by atoms with van der Waals surface area (Å²) in [6.45, 7) is 18.1. The van der Waals surface area contributed by atoms with Gasteiger partial charge in [-0.15, -0.1) is 0 Å². The fourth-order valence-electron chi connectivity index (χ4n) is 4.10. The number of unbranched alkanes of at least 4 members (excludes halogenated alkanes) is 1. The van der Waals surface area contributed by atoms with E-state index in [2.05, 4.69) is 130 Å². The van der Waals surface area contributed by atoms with Gasteiger partial charge in [0.15, 0.2) is 0 Å². The summed E-state index contributed by atoms with van der Waals surface area (Å²) in [6.07, 6.45) is 34.7. The molecule has 1 heteroatoms. The maximum Gasteiger partial charge on any atom is 0.0709 e. The summed E-state index contributed by atoms with van der Waals surface area (Å²) in [4.78, 5) is 2.35. The third-order valence-corrected chi connectivity index (χ3v) is 5.89. The summed E-state index contributed by atoms with van der Waals surface area (Å²) in [5.74, 6) is 0. The summed E-state index contributed by atoms with van der Waals surface area (Å²) in [7, 11) is 0. The predicted molar refractivity (Wildman–Crippen MR) is 163 cm³/mol. The van der Waals surface area contributed by atoms with Gasteiger partial charge >= 0.3 is 0 Å². The van der Waals surface area contributed by atoms with Crippen molar-refractivity contribution >= 4 is 11.3 Å². The lowest BCUT2D eigenvalue weighted by atomic mass is 9.98. The van der Waals surface area contributed by atoms with E-state index in [1.165, 1.54) is 22.3 Å². The van der Waals surface area contributed by atoms with E-state index < -0.39 is 0 Å². The molecule has 1 aromatic rings. The molecule has 0 fully saturated rings. The van der Waals surface area contributed by atoms with Crippen molar-refractivity contribution < 1.29 is 0 Å². The van der Waals surface area contributed by atoms with Gasteiger partial charge in [0.25, 0.3) is 0 Å². The first-order valence-electron chi connectivity index (χ1n) is 12.8. The van der Waals surface area contributed by atoms with Crippen LogP contribution >= 0.6 is 0 Å². The van der Waals surface area contributed by atoms with E-state index >= 15 is 0 Å². The molecular formula is C35H41N. The Morgan fingerprint density at radius 3 is 2.39 bits per heavy atom. The molecule has 0 aromatic heterocycles. The second kappa shape index (κ2) is 15.9. The second-order valence-electron chi connectivity index (χ2n) is 8.41. The van der Waals surface area contributed by atoms with Gasteiger partial charge in [-0.05, 0) is 73.3 Å². The van der Waals surface area contributed by atoms with Crippen molar-refractivity contribution in [1.82, 2.24) is 0 Å². The van der Waals surface area contributed by atoms with E-state index in [0.717, 1.165) is 30.6 Å². The number of hydrogen-bond donors (Lipinski definition) is 0. The molecule has 186 valence electrons. The number of benzene rings is 1. The fraction of sp³-hybridized carbons (Fsp3) is 0.200. The Labute approximate surface area is 219 Å². The highest BCUT2D eigenvalue weighted by Crippen LogP contribution is 2.29. The lowest BCUT2D eigenvalue weighted by Gasteiger charge is -2.32. The van der Waals surface area contributed by atoms with Crippen LogP contribution in [-0.4, -0.2) is 6.04 Å². The number of anilines is 1. The van der Waals surface area contributed by atoms with E-state index in [1.54, 1.807) is 6.08 Å². The van der Waals surface area contributed by atoms with Crippen LogP contribution < -0.4 is 4.90 Å². The van der Waals surface area contributed by atoms with Crippen LogP contribution in [0.5, 0.6) is 0 Å². The summed E-state index contributed by atoms with van der Waals surface area (Å²) in [5.41, 5.74) is 6.94. The van der Waals surface area contributed by atoms with E-state index in [9.17, 15) is 0 Å². The molecule has 0 amide bonds. The van der Waals surface area contributed by atoms with Crippen molar-refractivity contribution in [2.45, 2.75) is 46.1 Å². The highest BCUT2D eigenvalue weighted by atomic mass is 15.2. The normalized spacial score (nSPS) is 19.5. The Morgan fingerprint density at radius 2 is 1.78 bits per heavy atom. The van der Waals surface area contributed by atoms with Gasteiger partial charge in [-0.25, -0.2) is 0 Å². The quantitative estimate of drug-likeness (QED) is 0.215. The van der Waals surface area contributed by atoms with E-state index in [-0.39, 0.29) is 6.04 Å². The Kier molecular flexibility index (Phi) is 12.6. The Morgan fingerprint density at radius 1 is 1.00 bits per heavy atom. The van der Waals surface area contributed by atoms with Crippen molar-refractivity contribution in [2.24, 2.45) is 0 Å². The molecule has 0 saturated heterocycles. The monoisotopic (exact) mass is 475 g/mol. The third-order valence-electron chi connectivity index (χ3n) is 5.89. The number of hydrogen-bond acceptors (Lipinski definition) is 1. The van der Waals surface area contributed by atoms with Crippen LogP contribution in [0.25, 0.3) is 5.57 Å². The molecule has 0 N–H and O–H groups in total. The van der Waals surface area contributed by atoms with Crippen LogP contribution in [0.4, 0.5) is 5.69 Å². The van der Waals surface area contributed by atoms with Gasteiger partial charge in [0, 0.05) is 11.4 Å². The zero-order valence-electron chi connectivity index (χ0n) is 22.2. The van der Waals surface area contributed by atoms with Crippen LogP contribution in [0, 0.1) is 0 Å². The van der Waals surface area contributed by atoms with E-state index in [0.29, 0.717) is 0 Å². The largest absolute Gasteiger partial charge is 0.331 e. The van der Waals surface area contributed by atoms with E-state index in [4.69, 9.17) is 0 Å². The van der Waals surface area contributed by atoms with Crippen LogP contribution in [0.1, 0.15) is 45.6 Å². The molecule has 1 aliphatic carbocycles. The first-order valence-corrected chi connectivity index (χ1v) is 12.8. The van der Waals surface area contributed by atoms with Gasteiger partial charge in [0.2, 0.25) is 0 Å². The zero-order chi connectivity index (χ0) is 26.2. The fourth-order valence-corrected chi connectivity index (χ4v) is 4.10. The number of rotatable bonds is 12. The van der Waals surface area contributed by atoms with Crippen LogP contribution in [0.2, 0.25) is 0 Å². The molecule has 0 aliphatic heterocycles. The standard InChI is InChI=1S/C35H41N/c1-7-13-19-29(11-5)31-21-15-16-22-34(26-23-31)36(33(17-9-3)18-10-4)35-27-24-32(25-28-35)30(12-6)20-14-8-2/h8-12,14,16-28,34H,2-3,5,7,13,15H2,1,4,6H3/b18-10-,20-14-,22-16?,26-23-,29-19+,30-12+,31-21+,33-17+. The summed E-state index contributed by atoms with van der Waals surface area (Å²) in [5, 5.41) is 0. The molecule has 36 heavy (non-hydrogen) atoms. The van der Waals surface area contributed by atoms with Gasteiger partial charge in [-0.3, -0.25) is 0 Å². The van der Waals surface area contributed by atoms with Crippen LogP contribution in [0.3, 0.4) is 0 Å². The summed E-state index contributed by atoms with van der Waals surface area (Å²) < 4.78 is 0. The first kappa shape index (κ1) is 28.4. The topological polar surface area (TPSA) is 3.24 Å². The predicted octanol–water partition coefficient (Wildman–Crippen LogP) is 10.0. The molecule has 1 nitrogen and oxygen atoms in total. The van der Waals surface area contributed by atoms with Gasteiger partial charge in [-0.2, -0.15) is 0 Å². The molecule has 2 rings (SSSR count). The highest BCUT2D eigenvalue weighted by Gasteiger charge is 2.18. The SMILES string of the molecule is C=C/C=C\C(=C/C)c1ccc(N(C(/C=C\C)=C/C=C)C2C=CC/C=C(/C(C=C)=C/CCC)\C=C/2)cc1. The summed E-state index contributed by atoms with van der Waals surface area (Å²) >= 11 is 0. The minimum absolute atomic E-state index is 0.0426. The number of allylic oxidation sites excluding steroid dienone is 16. The Balaban J connectivity index is 2.55. The smallest absolute Gasteiger partial charge is 0.0709 e. The number of nitrogens with zero attached hydrogens (tertiary/aromatic N) is 1. The lowest BCUT2D eigenvalue weighted by Crippen LogP contribution is -2.31. The molecule has 1 aromatic carbocycles. The Bertz CT molecular complexity index is 1120. The van der Waals surface area contributed by atoms with Crippen LogP contribution in [0.15, 0.2) is 152 Å².